The second-order valence-electron chi connectivity index (χ2n) is 14.6. The minimum atomic E-state index is -4.74. The molecule has 6 rings (SSSR count). The fourth-order valence-electron chi connectivity index (χ4n) is 6.31. The number of nitrogens with zero attached hydrogens (tertiary/aromatic N) is 7. The van der Waals surface area contributed by atoms with Crippen LogP contribution in [-0.2, 0) is 44.4 Å². The molecule has 19 heteroatoms. The maximum absolute atomic E-state index is 15.5. The molecule has 16 nitrogen and oxygen atoms in total. The van der Waals surface area contributed by atoms with Gasteiger partial charge in [0.1, 0.15) is 32.6 Å². The van der Waals surface area contributed by atoms with Crippen LogP contribution in [0.3, 0.4) is 0 Å². The monoisotopic (exact) mass is 959 g/mol. The minimum Gasteiger partial charge on any atom is -0.497 e. The number of aromatic nitrogens is 4. The van der Waals surface area contributed by atoms with Crippen LogP contribution in [-0.4, -0.2) is 110 Å². The first-order valence-corrected chi connectivity index (χ1v) is 22.5. The average Bonchev–Trinajstić information content (AvgIpc) is 3.68. The van der Waals surface area contributed by atoms with Crippen LogP contribution >= 0.6 is 22.6 Å². The summed E-state index contributed by atoms with van der Waals surface area (Å²) in [6.45, 7) is 5.06. The summed E-state index contributed by atoms with van der Waals surface area (Å²) in [6, 6.07) is 24.0. The lowest BCUT2D eigenvalue weighted by molar-refractivity contribution is 0.0192. The number of methoxy groups -OCH3 is 3. The zero-order chi connectivity index (χ0) is 42.5. The van der Waals surface area contributed by atoms with E-state index in [1.54, 1.807) is 88.5 Å². The number of amides is 1. The molecule has 1 amide bonds. The van der Waals surface area contributed by atoms with Gasteiger partial charge < -0.3 is 23.8 Å². The number of carbonyl (C=O) groups excluding carboxylic acids is 1. The first-order valence-electron chi connectivity index (χ1n) is 18.5. The summed E-state index contributed by atoms with van der Waals surface area (Å²) in [5.41, 5.74) is 1.32. The predicted octanol–water partition coefficient (Wildman–Crippen LogP) is 5.65. The maximum atomic E-state index is 15.5. The summed E-state index contributed by atoms with van der Waals surface area (Å²) in [5, 5.41) is 13.1. The third kappa shape index (κ3) is 10.3. The predicted molar refractivity (Wildman–Crippen MR) is 227 cm³/mol. The lowest BCUT2D eigenvalue weighted by atomic mass is 10.2. The van der Waals surface area contributed by atoms with Crippen LogP contribution in [0.25, 0.3) is 11.4 Å². The van der Waals surface area contributed by atoms with E-state index >= 15 is 8.42 Å². The highest BCUT2D eigenvalue weighted by Gasteiger charge is 2.40. The lowest BCUT2D eigenvalue weighted by Crippen LogP contribution is -2.51. The van der Waals surface area contributed by atoms with E-state index in [0.29, 0.717) is 31.9 Å². The number of hydrogen-bond donors (Lipinski definition) is 0. The quantitative estimate of drug-likeness (QED) is 0.125. The fraction of sp³-hybridized carbons (Fsp3) is 0.350. The Balaban J connectivity index is 1.47. The molecule has 1 saturated heterocycles. The fourth-order valence-corrected chi connectivity index (χ4v) is 11.0. The molecule has 1 aromatic heterocycles. The van der Waals surface area contributed by atoms with E-state index in [1.807, 2.05) is 34.7 Å². The standard InChI is InChI=1S/C40H46IN7O9S2/c1-40(2,3)57-39(49)45-21-23-46(24-22-45)58(50,51)35-20-19-34(41)36(38-42-44-48(43-38)27-30-11-17-33(56-6)18-12-30)37(35)59(52,53)47(25-28-7-13-31(54-4)14-8-28)26-29-9-15-32(55-5)16-10-29/h7-20H,21-27H2,1-6H3. The maximum Gasteiger partial charge on any atom is 0.410 e. The van der Waals surface area contributed by atoms with Gasteiger partial charge in [-0.05, 0) is 114 Å². The molecule has 0 atom stereocenters. The molecule has 59 heavy (non-hydrogen) atoms. The molecule has 0 N–H and O–H groups in total. The number of benzene rings is 4. The molecular weight excluding hydrogens is 914 g/mol. The Bertz CT molecular complexity index is 2420. The van der Waals surface area contributed by atoms with Crippen LogP contribution in [0, 0.1) is 3.57 Å². The molecule has 0 bridgehead atoms. The van der Waals surface area contributed by atoms with Crippen LogP contribution in [0.1, 0.15) is 37.5 Å². The van der Waals surface area contributed by atoms with Crippen molar-refractivity contribution in [3.63, 3.8) is 0 Å². The van der Waals surface area contributed by atoms with Crippen LogP contribution in [0.2, 0.25) is 0 Å². The third-order valence-corrected chi connectivity index (χ3v) is 14.2. The molecule has 0 unspecified atom stereocenters. The lowest BCUT2D eigenvalue weighted by Gasteiger charge is -2.35. The second kappa shape index (κ2) is 18.2. The highest BCUT2D eigenvalue weighted by atomic mass is 127. The molecular formula is C40H46IN7O9S2. The highest BCUT2D eigenvalue weighted by Crippen LogP contribution is 2.39. The Labute approximate surface area is 358 Å². The van der Waals surface area contributed by atoms with E-state index in [0.717, 1.165) is 5.56 Å². The van der Waals surface area contributed by atoms with Gasteiger partial charge in [-0.15, -0.1) is 10.2 Å². The van der Waals surface area contributed by atoms with Gasteiger partial charge in [0.25, 0.3) is 0 Å². The van der Waals surface area contributed by atoms with Gasteiger partial charge in [-0.2, -0.15) is 13.4 Å². The van der Waals surface area contributed by atoms with Gasteiger partial charge in [0.15, 0.2) is 0 Å². The van der Waals surface area contributed by atoms with Crippen LogP contribution in [0.4, 0.5) is 4.79 Å². The number of halogens is 1. The van der Waals surface area contributed by atoms with Gasteiger partial charge in [0.05, 0.1) is 33.4 Å². The summed E-state index contributed by atoms with van der Waals surface area (Å²) >= 11 is 1.97. The second-order valence-corrected chi connectivity index (χ2v) is 19.5. The van der Waals surface area contributed by atoms with Crippen molar-refractivity contribution < 1.29 is 40.6 Å². The minimum absolute atomic E-state index is 0.0190. The van der Waals surface area contributed by atoms with Gasteiger partial charge in [-0.25, -0.2) is 21.6 Å². The van der Waals surface area contributed by atoms with Crippen molar-refractivity contribution >= 4 is 48.7 Å². The van der Waals surface area contributed by atoms with E-state index in [4.69, 9.17) is 18.9 Å². The zero-order valence-electron chi connectivity index (χ0n) is 33.5. The van der Waals surface area contributed by atoms with Crippen molar-refractivity contribution in [2.24, 2.45) is 0 Å². The normalized spacial score (nSPS) is 14.0. The Hall–Kier alpha value is -4.83. The van der Waals surface area contributed by atoms with Crippen LogP contribution in [0.15, 0.2) is 94.7 Å². The third-order valence-electron chi connectivity index (χ3n) is 9.37. The van der Waals surface area contributed by atoms with Gasteiger partial charge in [-0.1, -0.05) is 36.4 Å². The number of rotatable bonds is 14. The SMILES string of the molecule is COc1ccc(CN(Cc2ccc(OC)cc2)S(=O)(=O)c2c(S(=O)(=O)N3CCN(C(=O)OC(C)(C)C)CC3)ccc(I)c2-c2nnn(Cc3ccc(OC)cc3)n2)cc1. The van der Waals surface area contributed by atoms with E-state index < -0.39 is 41.5 Å². The van der Waals surface area contributed by atoms with Gasteiger partial charge in [0.2, 0.25) is 25.9 Å². The number of tetrazole rings is 1. The van der Waals surface area contributed by atoms with E-state index in [9.17, 15) is 13.2 Å². The Kier molecular flexibility index (Phi) is 13.5. The summed E-state index contributed by atoms with van der Waals surface area (Å²) in [4.78, 5) is 14.7. The molecule has 4 aromatic carbocycles. The van der Waals surface area contributed by atoms with Gasteiger partial charge >= 0.3 is 6.09 Å². The first kappa shape index (κ1) is 43.7. The first-order chi connectivity index (χ1) is 28.0. The summed E-state index contributed by atoms with van der Waals surface area (Å²) < 4.78 is 85.0. The number of piperazine rings is 1. The smallest absolute Gasteiger partial charge is 0.410 e. The molecule has 0 spiro atoms. The van der Waals surface area contributed by atoms with Crippen molar-refractivity contribution in [3.05, 3.63) is 105 Å². The molecule has 0 aliphatic carbocycles. The molecule has 1 fully saturated rings. The topological polar surface area (TPSA) is 176 Å². The van der Waals surface area contributed by atoms with Crippen LogP contribution in [0.5, 0.6) is 17.2 Å². The Morgan fingerprint density at radius 1 is 0.729 bits per heavy atom. The Morgan fingerprint density at radius 3 is 1.69 bits per heavy atom. The van der Waals surface area contributed by atoms with Crippen LogP contribution < -0.4 is 14.2 Å². The van der Waals surface area contributed by atoms with Crippen molar-refractivity contribution in [2.75, 3.05) is 47.5 Å². The van der Waals surface area contributed by atoms with E-state index in [1.165, 1.54) is 44.7 Å². The zero-order valence-corrected chi connectivity index (χ0v) is 37.3. The molecule has 5 aromatic rings. The van der Waals surface area contributed by atoms with E-state index in [-0.39, 0.29) is 57.2 Å². The van der Waals surface area contributed by atoms with Gasteiger partial charge in [0, 0.05) is 42.8 Å². The van der Waals surface area contributed by atoms with Crippen molar-refractivity contribution in [1.29, 1.82) is 0 Å². The van der Waals surface area contributed by atoms with Crippen molar-refractivity contribution in [2.45, 2.75) is 55.8 Å². The molecule has 314 valence electrons. The number of ether oxygens (including phenoxy) is 4. The molecule has 1 aliphatic heterocycles. The largest absolute Gasteiger partial charge is 0.497 e. The Morgan fingerprint density at radius 2 is 1.22 bits per heavy atom. The molecule has 2 heterocycles. The number of carbonyl (C=O) groups is 1. The summed E-state index contributed by atoms with van der Waals surface area (Å²) in [6.07, 6.45) is -0.564. The van der Waals surface area contributed by atoms with Crippen molar-refractivity contribution in [3.8, 4) is 28.6 Å². The van der Waals surface area contributed by atoms with Gasteiger partial charge in [-0.3, -0.25) is 0 Å². The summed E-state index contributed by atoms with van der Waals surface area (Å²) in [5.74, 6) is 1.76. The molecule has 0 saturated carbocycles. The molecule has 1 aliphatic rings. The van der Waals surface area contributed by atoms with Crippen molar-refractivity contribution in [1.82, 2.24) is 33.7 Å². The average molecular weight is 960 g/mol. The number of hydrogen-bond acceptors (Lipinski definition) is 12. The highest BCUT2D eigenvalue weighted by molar-refractivity contribution is 14.1. The number of sulfonamides is 2. The molecule has 0 radical (unpaired) electrons. The van der Waals surface area contributed by atoms with E-state index in [2.05, 4.69) is 15.4 Å². The summed E-state index contributed by atoms with van der Waals surface area (Å²) in [7, 11) is -4.63.